The molecule has 0 radical (unpaired) electrons. The van der Waals surface area contributed by atoms with E-state index in [2.05, 4.69) is 446 Å². The first-order valence-corrected chi connectivity index (χ1v) is 36.6. The summed E-state index contributed by atoms with van der Waals surface area (Å²) in [5.41, 5.74) is 27.7. The third-order valence-corrected chi connectivity index (χ3v) is 20.6. The minimum atomic E-state index is 1.20. The number of fused-ring (bicyclic) bond motifs is 15. The summed E-state index contributed by atoms with van der Waals surface area (Å²) in [6.45, 7) is 10.8. The van der Waals surface area contributed by atoms with E-state index < -0.39 is 0 Å². The molecule has 0 aliphatic heterocycles. The minimum absolute atomic E-state index is 1.20. The third-order valence-electron chi connectivity index (χ3n) is 20.6. The molecule has 0 saturated carbocycles. The molecule has 106 heavy (non-hydrogen) atoms. The van der Waals surface area contributed by atoms with E-state index in [9.17, 15) is 0 Å². The zero-order valence-electron chi connectivity index (χ0n) is 60.2. The first kappa shape index (κ1) is 65.8. The summed E-state index contributed by atoms with van der Waals surface area (Å²) in [7, 11) is 0. The Morgan fingerprint density at radius 1 is 0.160 bits per heavy atom. The molecule has 0 aliphatic rings. The average Bonchev–Trinajstić information content (AvgIpc) is 1.62. The van der Waals surface area contributed by atoms with E-state index in [0.29, 0.717) is 0 Å². The molecule has 0 unspecified atom stereocenters. The number of rotatable bonds is 6. The predicted octanol–water partition coefficient (Wildman–Crippen LogP) is 27.1. The van der Waals surface area contributed by atoms with Crippen LogP contribution >= 0.6 is 0 Å². The van der Waals surface area contributed by atoms with Crippen LogP contribution in [0.3, 0.4) is 0 Å². The lowest BCUT2D eigenvalue weighted by molar-refractivity contribution is 1.17. The first-order chi connectivity index (χ1) is 52.2. The Balaban J connectivity index is 0.0000000979. The number of aryl methyl sites for hydroxylation is 5. The molecular weight excluding hydrogens is 1280 g/mol. The van der Waals surface area contributed by atoms with Crippen molar-refractivity contribution in [1.29, 1.82) is 0 Å². The lowest BCUT2D eigenvalue weighted by Crippen LogP contribution is -1.94. The van der Waals surface area contributed by atoms with E-state index in [1.807, 2.05) is 0 Å². The molecule has 5 nitrogen and oxygen atoms in total. The number of nitrogens with zero attached hydrogens (tertiary/aromatic N) is 5. The molecule has 21 rings (SSSR count). The van der Waals surface area contributed by atoms with Crippen LogP contribution in [0, 0.1) is 34.6 Å². The van der Waals surface area contributed by atoms with Crippen LogP contribution in [0.25, 0.3) is 149 Å². The highest BCUT2D eigenvalue weighted by Gasteiger charge is 2.18. The van der Waals surface area contributed by atoms with Gasteiger partial charge in [-0.25, -0.2) is 0 Å². The van der Waals surface area contributed by atoms with Gasteiger partial charge in [0.1, 0.15) is 0 Å². The fourth-order valence-electron chi connectivity index (χ4n) is 15.7. The molecule has 0 atom stereocenters. The number of hydrogen-bond acceptors (Lipinski definition) is 0. The second-order valence-electron chi connectivity index (χ2n) is 27.5. The molecule has 16 aromatic carbocycles. The van der Waals surface area contributed by atoms with Crippen LogP contribution < -0.4 is 0 Å². The van der Waals surface area contributed by atoms with Crippen molar-refractivity contribution < 1.29 is 0 Å². The van der Waals surface area contributed by atoms with Crippen molar-refractivity contribution in [3.8, 4) is 39.6 Å². The van der Waals surface area contributed by atoms with Gasteiger partial charge in [0.25, 0.3) is 0 Å². The summed E-state index contributed by atoms with van der Waals surface area (Å²) >= 11 is 0. The number of benzene rings is 16. The monoisotopic (exact) mass is 1360 g/mol. The second kappa shape index (κ2) is 28.7. The van der Waals surface area contributed by atoms with Gasteiger partial charge in [0.15, 0.2) is 0 Å². The Labute approximate surface area is 618 Å². The van der Waals surface area contributed by atoms with Gasteiger partial charge in [-0.05, 0) is 184 Å². The number of aromatic nitrogens is 5. The van der Waals surface area contributed by atoms with Gasteiger partial charge in [-0.15, -0.1) is 0 Å². The Hall–Kier alpha value is -13.5. The summed E-state index contributed by atoms with van der Waals surface area (Å²) in [5, 5.41) is 13.2. The van der Waals surface area contributed by atoms with Gasteiger partial charge in [0.2, 0.25) is 0 Å². The summed E-state index contributed by atoms with van der Waals surface area (Å²) < 4.78 is 11.7. The predicted molar refractivity (Wildman–Crippen MR) is 453 cm³/mol. The van der Waals surface area contributed by atoms with Crippen LogP contribution in [0.4, 0.5) is 0 Å². The van der Waals surface area contributed by atoms with Crippen molar-refractivity contribution in [2.45, 2.75) is 34.6 Å². The van der Waals surface area contributed by atoms with E-state index in [-0.39, 0.29) is 0 Å². The van der Waals surface area contributed by atoms with Crippen LogP contribution in [-0.2, 0) is 0 Å². The summed E-state index contributed by atoms with van der Waals surface area (Å²) in [6, 6.07) is 138. The smallest absolute Gasteiger partial charge is 0.0570 e. The Bertz CT molecular complexity index is 6640. The molecule has 0 spiro atoms. The molecule has 0 amide bonds. The number of para-hydroxylation sites is 11. The van der Waals surface area contributed by atoms with Crippen molar-refractivity contribution in [2.75, 3.05) is 0 Å². The fraction of sp³-hybridized carbons (Fsp3) is 0.0495. The third kappa shape index (κ3) is 12.3. The molecule has 0 bridgehead atoms. The minimum Gasteiger partial charge on any atom is -0.309 e. The number of hydrogen-bond donors (Lipinski definition) is 0. The quantitative estimate of drug-likeness (QED) is 0.159. The lowest BCUT2D eigenvalue weighted by atomic mass is 10.0. The molecule has 0 N–H and O–H groups in total. The second-order valence-corrected chi connectivity index (χ2v) is 27.5. The molecule has 5 heterocycles. The zero-order valence-corrected chi connectivity index (χ0v) is 60.2. The molecular formula is C101H79N5. The van der Waals surface area contributed by atoms with Crippen LogP contribution in [0.2, 0.25) is 0 Å². The first-order valence-electron chi connectivity index (χ1n) is 36.6. The molecule has 508 valence electrons. The normalized spacial score (nSPS) is 11.3. The van der Waals surface area contributed by atoms with E-state index in [1.165, 1.54) is 176 Å². The van der Waals surface area contributed by atoms with E-state index >= 15 is 0 Å². The van der Waals surface area contributed by atoms with E-state index in [0.717, 1.165) is 0 Å². The maximum absolute atomic E-state index is 2.36. The molecule has 0 aliphatic carbocycles. The summed E-state index contributed by atoms with van der Waals surface area (Å²) in [5.74, 6) is 0. The van der Waals surface area contributed by atoms with Crippen LogP contribution in [-0.4, -0.2) is 22.8 Å². The zero-order chi connectivity index (χ0) is 71.6. The van der Waals surface area contributed by atoms with Gasteiger partial charge in [-0.2, -0.15) is 0 Å². The van der Waals surface area contributed by atoms with Crippen molar-refractivity contribution in [3.63, 3.8) is 0 Å². The van der Waals surface area contributed by atoms with Gasteiger partial charge in [0.05, 0.1) is 55.2 Å². The van der Waals surface area contributed by atoms with E-state index in [1.54, 1.807) is 0 Å². The highest BCUT2D eigenvalue weighted by molar-refractivity contribution is 6.14. The van der Waals surface area contributed by atoms with Gasteiger partial charge in [-0.3, -0.25) is 0 Å². The Morgan fingerprint density at radius 3 is 0.915 bits per heavy atom. The van der Waals surface area contributed by atoms with Crippen LogP contribution in [0.15, 0.2) is 388 Å². The van der Waals surface area contributed by atoms with Crippen LogP contribution in [0.1, 0.15) is 27.8 Å². The lowest BCUT2D eigenvalue weighted by Gasteiger charge is -2.08. The molecule has 0 saturated heterocycles. The Morgan fingerprint density at radius 2 is 0.443 bits per heavy atom. The molecule has 21 aromatic rings. The largest absolute Gasteiger partial charge is 0.309 e. The van der Waals surface area contributed by atoms with Gasteiger partial charge < -0.3 is 22.8 Å². The molecule has 5 heteroatoms. The topological polar surface area (TPSA) is 24.6 Å². The van der Waals surface area contributed by atoms with Crippen molar-refractivity contribution >= 4 is 109 Å². The molecule has 0 fully saturated rings. The summed E-state index contributed by atoms with van der Waals surface area (Å²) in [6.07, 6.45) is 0. The fourth-order valence-corrected chi connectivity index (χ4v) is 15.7. The van der Waals surface area contributed by atoms with Crippen LogP contribution in [0.5, 0.6) is 0 Å². The highest BCUT2D eigenvalue weighted by atomic mass is 15.0. The van der Waals surface area contributed by atoms with Crippen molar-refractivity contribution in [2.24, 2.45) is 0 Å². The van der Waals surface area contributed by atoms with Gasteiger partial charge in [-0.1, -0.05) is 278 Å². The highest BCUT2D eigenvalue weighted by Crippen LogP contribution is 2.39. The maximum Gasteiger partial charge on any atom is 0.0570 e. The van der Waals surface area contributed by atoms with Gasteiger partial charge in [0, 0.05) is 82.3 Å². The summed E-state index contributed by atoms with van der Waals surface area (Å²) in [4.78, 5) is 0. The Kier molecular flexibility index (Phi) is 17.8. The van der Waals surface area contributed by atoms with Crippen molar-refractivity contribution in [3.05, 3.63) is 416 Å². The maximum atomic E-state index is 2.36. The standard InChI is InChI=1S/C25H19N.4C19H15N/c1-18-11-13-19(14-12-18)20-15-16-25-23(17-20)22-9-5-6-10-24(22)26(25)21-7-3-2-4-8-21;1-14-10-12-15(13-11-14)20-18-8-4-2-6-16(18)17-7-3-5-9-19(17)20;1-14-8-7-12-17-16-11-5-6-13-18(16)20(19(14)17)15-9-3-2-4-10-15;1-14-8-7-13-18-19(14)16-11-5-6-12-17(16)20(18)15-9-3-2-4-10-15;1-14-11-12-19-17(13-14)16-9-5-6-10-18(16)20(19)15-7-3-2-4-8-15/h2-17H,1H3;4*2-13H,1H3. The molecule has 5 aromatic heterocycles. The SMILES string of the molecule is Cc1ccc(-c2ccc3c(c2)c2ccccc2n3-c2ccccc2)cc1.Cc1ccc(-n2c3ccccc3c3ccccc32)cc1.Cc1ccc2c(c1)c1ccccc1n2-c1ccccc1.Cc1cccc2c1c1ccccc1n2-c1ccccc1.Cc1cccc2c3ccccc3n(-c3ccccc3)c12. The van der Waals surface area contributed by atoms with E-state index in [4.69, 9.17) is 0 Å². The van der Waals surface area contributed by atoms with Crippen molar-refractivity contribution in [1.82, 2.24) is 22.8 Å². The van der Waals surface area contributed by atoms with Gasteiger partial charge >= 0.3 is 0 Å². The average molecular weight is 1360 g/mol.